The Morgan fingerprint density at radius 3 is 1.97 bits per heavy atom. The summed E-state index contributed by atoms with van der Waals surface area (Å²) in [4.78, 5) is 22.1. The molecule has 0 aliphatic carbocycles. The van der Waals surface area contributed by atoms with Crippen molar-refractivity contribution >= 4 is 33.3 Å². The number of aromatic nitrogens is 2. The molecule has 6 rings (SSSR count). The van der Waals surface area contributed by atoms with Crippen molar-refractivity contribution in [1.29, 1.82) is 0 Å². The molecular formula is C34H25FN2OS. The van der Waals surface area contributed by atoms with E-state index in [0.29, 0.717) is 4.88 Å². The van der Waals surface area contributed by atoms with Crippen molar-refractivity contribution in [2.75, 3.05) is 0 Å². The van der Waals surface area contributed by atoms with Crippen molar-refractivity contribution in [2.24, 2.45) is 0 Å². The van der Waals surface area contributed by atoms with Gasteiger partial charge >= 0.3 is 0 Å². The third-order valence-corrected chi connectivity index (χ3v) is 8.39. The molecule has 0 unspecified atom stereocenters. The molecule has 0 aliphatic heterocycles. The lowest BCUT2D eigenvalue weighted by Gasteiger charge is -2.34. The van der Waals surface area contributed by atoms with Crippen molar-refractivity contribution in [3.63, 3.8) is 0 Å². The molecule has 3 nitrogen and oxygen atoms in total. The molecule has 0 aliphatic rings. The molecule has 39 heavy (non-hydrogen) atoms. The molecule has 0 atom stereocenters. The minimum Gasteiger partial charge on any atom is -0.341 e. The highest BCUT2D eigenvalue weighted by Crippen LogP contribution is 2.43. The van der Waals surface area contributed by atoms with Gasteiger partial charge in [-0.15, -0.1) is 11.3 Å². The molecule has 4 aromatic carbocycles. The molecule has 1 N–H and O–H groups in total. The van der Waals surface area contributed by atoms with E-state index in [1.165, 1.54) is 23.5 Å². The maximum Gasteiger partial charge on any atom is 0.196 e. The third kappa shape index (κ3) is 4.41. The number of carbonyl (C=O) groups is 1. The second kappa shape index (κ2) is 10.3. The van der Waals surface area contributed by atoms with E-state index in [2.05, 4.69) is 41.4 Å². The Hall–Kier alpha value is -4.61. The summed E-state index contributed by atoms with van der Waals surface area (Å²) in [5, 5.41) is 0.777. The zero-order valence-corrected chi connectivity index (χ0v) is 22.1. The van der Waals surface area contributed by atoms with Crippen LogP contribution in [0.5, 0.6) is 0 Å². The van der Waals surface area contributed by atoms with Crippen LogP contribution in [0, 0.1) is 12.7 Å². The minimum atomic E-state index is -0.688. The molecule has 190 valence electrons. The Morgan fingerprint density at radius 2 is 1.41 bits per heavy atom. The predicted octanol–water partition coefficient (Wildman–Crippen LogP) is 8.35. The minimum absolute atomic E-state index is 0.120. The Kier molecular flexibility index (Phi) is 6.51. The quantitative estimate of drug-likeness (QED) is 0.129. The fourth-order valence-corrected chi connectivity index (χ4v) is 6.36. The van der Waals surface area contributed by atoms with Gasteiger partial charge in [0.1, 0.15) is 17.1 Å². The van der Waals surface area contributed by atoms with E-state index < -0.39 is 5.41 Å². The Bertz CT molecular complexity index is 1690. The summed E-state index contributed by atoms with van der Waals surface area (Å²) >= 11 is 1.38. The Morgan fingerprint density at radius 1 is 0.846 bits per heavy atom. The summed E-state index contributed by atoms with van der Waals surface area (Å²) in [7, 11) is 0. The van der Waals surface area contributed by atoms with E-state index in [4.69, 9.17) is 4.98 Å². The number of benzene rings is 4. The molecule has 2 aromatic heterocycles. The highest BCUT2D eigenvalue weighted by atomic mass is 32.1. The zero-order valence-electron chi connectivity index (χ0n) is 21.3. The van der Waals surface area contributed by atoms with Crippen LogP contribution in [0.25, 0.3) is 16.2 Å². The number of nitrogens with one attached hydrogen (secondary N) is 1. The molecule has 0 amide bonds. The molecule has 0 radical (unpaired) electrons. The van der Waals surface area contributed by atoms with Crippen LogP contribution in [0.3, 0.4) is 0 Å². The van der Waals surface area contributed by atoms with E-state index >= 15 is 0 Å². The van der Waals surface area contributed by atoms with Crippen molar-refractivity contribution in [2.45, 2.75) is 12.3 Å². The molecular weight excluding hydrogens is 503 g/mol. The number of ketones is 1. The number of fused-ring (bicyclic) bond motifs is 1. The van der Waals surface area contributed by atoms with Gasteiger partial charge in [-0.3, -0.25) is 4.79 Å². The number of carbonyl (C=O) groups excluding carboxylic acids is 1. The van der Waals surface area contributed by atoms with Crippen molar-refractivity contribution in [3.05, 3.63) is 166 Å². The van der Waals surface area contributed by atoms with E-state index in [1.54, 1.807) is 24.4 Å². The van der Waals surface area contributed by atoms with Crippen LogP contribution in [0.15, 0.2) is 121 Å². The number of hydrogen-bond acceptors (Lipinski definition) is 3. The smallest absolute Gasteiger partial charge is 0.196 e. The number of imidazole rings is 1. The van der Waals surface area contributed by atoms with Gasteiger partial charge in [0.2, 0.25) is 0 Å². The normalized spacial score (nSPS) is 11.8. The third-order valence-electron chi connectivity index (χ3n) is 7.11. The molecule has 0 bridgehead atoms. The van der Waals surface area contributed by atoms with E-state index in [1.807, 2.05) is 61.5 Å². The molecule has 0 fully saturated rings. The maximum atomic E-state index is 13.8. The van der Waals surface area contributed by atoms with Gasteiger partial charge in [0, 0.05) is 4.70 Å². The lowest BCUT2D eigenvalue weighted by Crippen LogP contribution is -2.32. The standard InChI is InChI=1S/C34H25FN2OS/c1-23-29-21-27(35)17-20-31(29)39-32(23)30(38)19-18-28-22-36-33(37-28)34(24-11-5-2-6-12-24,25-13-7-3-8-14-25)26-15-9-4-10-16-26/h2-22H,1H3,(H,36,37)/b19-18+. The summed E-state index contributed by atoms with van der Waals surface area (Å²) in [5.41, 5.74) is 4.07. The van der Waals surface area contributed by atoms with Crippen LogP contribution in [0.1, 0.15) is 43.4 Å². The predicted molar refractivity (Wildman–Crippen MR) is 157 cm³/mol. The lowest BCUT2D eigenvalue weighted by molar-refractivity contribution is 0.105. The van der Waals surface area contributed by atoms with Gasteiger partial charge in [-0.25, -0.2) is 9.37 Å². The zero-order chi connectivity index (χ0) is 26.8. The first-order valence-corrected chi connectivity index (χ1v) is 13.5. The van der Waals surface area contributed by atoms with Gasteiger partial charge in [0.25, 0.3) is 0 Å². The Labute approximate surface area is 230 Å². The van der Waals surface area contributed by atoms with Crippen LogP contribution in [-0.2, 0) is 5.41 Å². The number of nitrogens with zero attached hydrogens (tertiary/aromatic N) is 1. The molecule has 0 spiro atoms. The van der Waals surface area contributed by atoms with Gasteiger partial charge in [0.15, 0.2) is 5.78 Å². The van der Waals surface area contributed by atoms with Crippen molar-refractivity contribution < 1.29 is 9.18 Å². The largest absolute Gasteiger partial charge is 0.341 e. The number of halogens is 1. The van der Waals surface area contributed by atoms with Crippen LogP contribution >= 0.6 is 11.3 Å². The van der Waals surface area contributed by atoms with Gasteiger partial charge in [-0.2, -0.15) is 0 Å². The second-order valence-corrected chi connectivity index (χ2v) is 10.5. The number of H-pyrrole nitrogens is 1. The second-order valence-electron chi connectivity index (χ2n) is 9.43. The molecule has 0 saturated heterocycles. The van der Waals surface area contributed by atoms with Crippen LogP contribution in [0.2, 0.25) is 0 Å². The molecule has 6 aromatic rings. The van der Waals surface area contributed by atoms with E-state index in [0.717, 1.165) is 43.9 Å². The molecule has 0 saturated carbocycles. The number of aryl methyl sites for hydroxylation is 1. The van der Waals surface area contributed by atoms with Crippen LogP contribution in [0.4, 0.5) is 4.39 Å². The highest BCUT2D eigenvalue weighted by molar-refractivity contribution is 7.21. The number of hydrogen-bond donors (Lipinski definition) is 1. The molecule has 2 heterocycles. The highest BCUT2D eigenvalue weighted by Gasteiger charge is 2.40. The average Bonchev–Trinajstić information content (AvgIpc) is 3.59. The maximum absolute atomic E-state index is 13.8. The summed E-state index contributed by atoms with van der Waals surface area (Å²) < 4.78 is 14.7. The number of rotatable bonds is 7. The van der Waals surface area contributed by atoms with E-state index in [9.17, 15) is 9.18 Å². The SMILES string of the molecule is Cc1c(C(=O)/C=C/c2cnc(C(c3ccccc3)(c3ccccc3)c3ccccc3)[nH]2)sc2ccc(F)cc12. The topological polar surface area (TPSA) is 45.8 Å². The van der Waals surface area contributed by atoms with E-state index in [-0.39, 0.29) is 11.6 Å². The summed E-state index contributed by atoms with van der Waals surface area (Å²) in [6.07, 6.45) is 5.07. The monoisotopic (exact) mass is 528 g/mol. The number of allylic oxidation sites excluding steroid dienone is 1. The van der Waals surface area contributed by atoms with Crippen molar-refractivity contribution in [1.82, 2.24) is 9.97 Å². The fourth-order valence-electron chi connectivity index (χ4n) is 5.25. The fraction of sp³-hybridized carbons (Fsp3) is 0.0588. The van der Waals surface area contributed by atoms with Crippen LogP contribution in [-0.4, -0.2) is 15.8 Å². The van der Waals surface area contributed by atoms with Gasteiger partial charge in [0.05, 0.1) is 16.8 Å². The molecule has 5 heteroatoms. The number of aromatic amines is 1. The lowest BCUT2D eigenvalue weighted by atomic mass is 9.69. The first-order valence-electron chi connectivity index (χ1n) is 12.7. The first kappa shape index (κ1) is 24.7. The van der Waals surface area contributed by atoms with Gasteiger partial charge in [-0.05, 0) is 64.9 Å². The van der Waals surface area contributed by atoms with Gasteiger partial charge < -0.3 is 4.98 Å². The van der Waals surface area contributed by atoms with Gasteiger partial charge in [-0.1, -0.05) is 91.0 Å². The number of thiophene rings is 1. The Balaban J connectivity index is 1.43. The summed E-state index contributed by atoms with van der Waals surface area (Å²) in [6.45, 7) is 1.86. The first-order chi connectivity index (χ1) is 19.1. The van der Waals surface area contributed by atoms with Crippen LogP contribution < -0.4 is 0 Å². The average molecular weight is 529 g/mol. The van der Waals surface area contributed by atoms with Crippen molar-refractivity contribution in [3.8, 4) is 0 Å². The summed E-state index contributed by atoms with van der Waals surface area (Å²) in [6, 6.07) is 35.6. The summed E-state index contributed by atoms with van der Waals surface area (Å²) in [5.74, 6) is 0.332.